The molecular weight excluding hydrogens is 580 g/mol. The van der Waals surface area contributed by atoms with Crippen LogP contribution in [0.5, 0.6) is 5.75 Å². The molecule has 4 aliphatic rings. The van der Waals surface area contributed by atoms with E-state index < -0.39 is 11.0 Å². The molecule has 0 radical (unpaired) electrons. The maximum Gasteiger partial charge on any atom is 0.263 e. The summed E-state index contributed by atoms with van der Waals surface area (Å²) in [6.07, 6.45) is 11.8. The molecule has 0 saturated heterocycles. The highest BCUT2D eigenvalue weighted by Gasteiger charge is 2.41. The summed E-state index contributed by atoms with van der Waals surface area (Å²) in [6.45, 7) is 6.55. The molecule has 6 rings (SSSR count). The highest BCUT2D eigenvalue weighted by Crippen LogP contribution is 2.44. The summed E-state index contributed by atoms with van der Waals surface area (Å²) in [4.78, 5) is 16.0. The molecule has 0 aromatic heterocycles. The second-order valence-electron chi connectivity index (χ2n) is 13.1. The number of fused-ring (bicyclic) bond motifs is 2. The summed E-state index contributed by atoms with van der Waals surface area (Å²) in [5, 5.41) is 0.703. The van der Waals surface area contributed by atoms with E-state index in [9.17, 15) is 9.00 Å². The molecule has 7 unspecified atom stereocenters. The van der Waals surface area contributed by atoms with Gasteiger partial charge < -0.3 is 14.4 Å². The maximum absolute atomic E-state index is 13.6. The quantitative estimate of drug-likeness (QED) is 0.360. The van der Waals surface area contributed by atoms with E-state index in [1.165, 1.54) is 11.1 Å². The molecule has 0 spiro atoms. The summed E-state index contributed by atoms with van der Waals surface area (Å²) in [7, 11) is 0.353. The lowest BCUT2D eigenvalue weighted by Crippen LogP contribution is -2.44. The zero-order valence-corrected chi connectivity index (χ0v) is 27.2. The second-order valence-corrected chi connectivity index (χ2v) is 14.8. The molecule has 2 aromatic rings. The van der Waals surface area contributed by atoms with Gasteiger partial charge in [-0.15, -0.1) is 0 Å². The molecule has 2 bridgehead atoms. The van der Waals surface area contributed by atoms with E-state index in [-0.39, 0.29) is 29.1 Å². The predicted octanol–water partition coefficient (Wildman–Crippen LogP) is 7.08. The van der Waals surface area contributed by atoms with Crippen LogP contribution in [0.25, 0.3) is 0 Å². The fourth-order valence-corrected chi connectivity index (χ4v) is 9.23. The van der Waals surface area contributed by atoms with Crippen molar-refractivity contribution in [2.24, 2.45) is 23.7 Å². The zero-order chi connectivity index (χ0) is 30.1. The Kier molecular flexibility index (Phi) is 9.51. The Morgan fingerprint density at radius 1 is 1.09 bits per heavy atom. The Morgan fingerprint density at radius 3 is 2.63 bits per heavy atom. The Balaban J connectivity index is 1.37. The molecule has 43 heavy (non-hydrogen) atoms. The van der Waals surface area contributed by atoms with E-state index in [0.717, 1.165) is 74.5 Å². The third kappa shape index (κ3) is 6.69. The molecule has 232 valence electrons. The van der Waals surface area contributed by atoms with Gasteiger partial charge in [-0.3, -0.25) is 9.52 Å². The van der Waals surface area contributed by atoms with E-state index in [0.29, 0.717) is 29.9 Å². The van der Waals surface area contributed by atoms with Gasteiger partial charge in [-0.25, -0.2) is 4.21 Å². The van der Waals surface area contributed by atoms with Crippen LogP contribution in [0.1, 0.15) is 79.8 Å². The fraction of sp³-hybridized carbons (Fsp3) is 0.571. The van der Waals surface area contributed by atoms with Crippen LogP contribution >= 0.6 is 11.6 Å². The van der Waals surface area contributed by atoms with Crippen LogP contribution in [0.2, 0.25) is 5.02 Å². The van der Waals surface area contributed by atoms with Crippen molar-refractivity contribution in [1.29, 1.82) is 0 Å². The van der Waals surface area contributed by atoms with Gasteiger partial charge in [-0.2, -0.15) is 0 Å². The topological polar surface area (TPSA) is 67.9 Å². The van der Waals surface area contributed by atoms with Gasteiger partial charge in [0.1, 0.15) is 16.7 Å². The smallest absolute Gasteiger partial charge is 0.263 e. The van der Waals surface area contributed by atoms with Crippen LogP contribution < -0.4 is 14.4 Å². The number of nitrogens with zero attached hydrogens (tertiary/aromatic N) is 1. The summed E-state index contributed by atoms with van der Waals surface area (Å²) in [6, 6.07) is 11.9. The summed E-state index contributed by atoms with van der Waals surface area (Å²) < 4.78 is 29.0. The summed E-state index contributed by atoms with van der Waals surface area (Å²) >= 11 is 6.42. The van der Waals surface area contributed by atoms with Gasteiger partial charge in [-0.05, 0) is 104 Å². The molecule has 2 saturated carbocycles. The Labute approximate surface area is 264 Å². The van der Waals surface area contributed by atoms with Crippen molar-refractivity contribution < 1.29 is 18.5 Å². The number of ether oxygens (including phenoxy) is 2. The van der Waals surface area contributed by atoms with Crippen LogP contribution in [0.15, 0.2) is 48.6 Å². The Morgan fingerprint density at radius 2 is 1.91 bits per heavy atom. The number of aryl methyl sites for hydroxylation is 1. The van der Waals surface area contributed by atoms with E-state index in [4.69, 9.17) is 21.1 Å². The lowest BCUT2D eigenvalue weighted by atomic mass is 9.70. The van der Waals surface area contributed by atoms with E-state index in [1.54, 1.807) is 0 Å². The van der Waals surface area contributed by atoms with Crippen molar-refractivity contribution in [1.82, 2.24) is 4.72 Å². The fourth-order valence-electron chi connectivity index (χ4n) is 7.44. The number of hydrogen-bond donors (Lipinski definition) is 1. The summed E-state index contributed by atoms with van der Waals surface area (Å²) in [5.41, 5.74) is 4.01. The first kappa shape index (κ1) is 30.7. The van der Waals surface area contributed by atoms with Crippen molar-refractivity contribution in [2.75, 3.05) is 31.7 Å². The number of rotatable bonds is 5. The number of hydrogen-bond acceptors (Lipinski definition) is 5. The first-order valence-electron chi connectivity index (χ1n) is 16.1. The second kappa shape index (κ2) is 13.3. The third-order valence-electron chi connectivity index (χ3n) is 10.1. The molecule has 2 aromatic carbocycles. The molecule has 1 amide bonds. The van der Waals surface area contributed by atoms with Gasteiger partial charge in [0.15, 0.2) is 0 Å². The highest BCUT2D eigenvalue weighted by molar-refractivity contribution is 7.84. The van der Waals surface area contributed by atoms with Crippen molar-refractivity contribution >= 4 is 34.2 Å². The number of methoxy groups -OCH3 is 1. The first-order chi connectivity index (χ1) is 20.9. The molecular formula is C35H45ClN2O4S. The van der Waals surface area contributed by atoms with Gasteiger partial charge >= 0.3 is 0 Å². The number of benzene rings is 2. The molecule has 2 aliphatic carbocycles. The van der Waals surface area contributed by atoms with Gasteiger partial charge in [0.2, 0.25) is 0 Å². The SMILES string of the molecule is CCCc1cc(Cl)ccc1C1COc2ccc3cc2N(C1)CC1CCC1C(OC)/C=C/CC(C)C(C1CC1)S(=O)NC3=O. The Hall–Kier alpha value is -2.35. The van der Waals surface area contributed by atoms with Crippen LogP contribution in [-0.4, -0.2) is 48.3 Å². The molecule has 2 heterocycles. The zero-order valence-electron chi connectivity index (χ0n) is 25.6. The predicted molar refractivity (Wildman–Crippen MR) is 174 cm³/mol. The molecule has 2 fully saturated rings. The number of allylic oxidation sites excluding steroid dienone is 1. The van der Waals surface area contributed by atoms with Crippen molar-refractivity contribution in [2.45, 2.75) is 76.1 Å². The van der Waals surface area contributed by atoms with Gasteiger partial charge in [0, 0.05) is 36.7 Å². The van der Waals surface area contributed by atoms with E-state index in [1.807, 2.05) is 31.4 Å². The highest BCUT2D eigenvalue weighted by atomic mass is 35.5. The number of halogens is 1. The average molecular weight is 625 g/mol. The van der Waals surface area contributed by atoms with Crippen LogP contribution in [-0.2, 0) is 22.1 Å². The molecule has 7 atom stereocenters. The van der Waals surface area contributed by atoms with E-state index >= 15 is 0 Å². The van der Waals surface area contributed by atoms with E-state index in [2.05, 4.69) is 47.8 Å². The first-order valence-corrected chi connectivity index (χ1v) is 17.7. The van der Waals surface area contributed by atoms with Gasteiger partial charge in [-0.1, -0.05) is 50.1 Å². The number of anilines is 1. The third-order valence-corrected chi connectivity index (χ3v) is 12.0. The number of carbonyl (C=O) groups excluding carboxylic acids is 1. The minimum Gasteiger partial charge on any atom is -0.491 e. The number of nitrogens with one attached hydrogen (secondary N) is 1. The summed E-state index contributed by atoms with van der Waals surface area (Å²) in [5.74, 6) is 2.15. The number of carbonyl (C=O) groups is 1. The minimum absolute atomic E-state index is 0.0562. The lowest BCUT2D eigenvalue weighted by Gasteiger charge is -2.43. The number of amides is 1. The normalized spacial score (nSPS) is 32.0. The largest absolute Gasteiger partial charge is 0.491 e. The van der Waals surface area contributed by atoms with Crippen LogP contribution in [0.3, 0.4) is 0 Å². The molecule has 1 N–H and O–H groups in total. The lowest BCUT2D eigenvalue weighted by molar-refractivity contribution is 0.0134. The van der Waals surface area contributed by atoms with Crippen molar-refractivity contribution in [3.63, 3.8) is 0 Å². The monoisotopic (exact) mass is 624 g/mol. The standard InChI is InChI=1S/C35H45ClN2O4S/c1-4-6-24-17-28(36)13-15-29(24)27-20-38-19-26-11-14-30(26)32(41-3)8-5-7-22(2)34(23-9-10-23)43(40)37-35(39)25-12-16-33(42-21-27)31(38)18-25/h5,8,12-13,15-18,22-23,26-27,30,32,34H,4,6-7,9-11,14,19-21H2,1-3H3,(H,37,39)/b8-5+. The average Bonchev–Trinajstić information content (AvgIpc) is 3.82. The molecule has 8 heteroatoms. The van der Waals surface area contributed by atoms with Gasteiger partial charge in [0.25, 0.3) is 5.91 Å². The minimum atomic E-state index is -1.46. The Bertz CT molecular complexity index is 1380. The molecule has 2 aliphatic heterocycles. The van der Waals surface area contributed by atoms with Crippen molar-refractivity contribution in [3.05, 3.63) is 70.3 Å². The van der Waals surface area contributed by atoms with Gasteiger partial charge in [0.05, 0.1) is 23.6 Å². The van der Waals surface area contributed by atoms with Crippen LogP contribution in [0.4, 0.5) is 5.69 Å². The van der Waals surface area contributed by atoms with Crippen LogP contribution in [0, 0.1) is 23.7 Å². The van der Waals surface area contributed by atoms with Crippen molar-refractivity contribution in [3.8, 4) is 5.75 Å². The molecule has 6 nitrogen and oxygen atoms in total. The maximum atomic E-state index is 13.6.